The van der Waals surface area contributed by atoms with E-state index in [0.717, 1.165) is 24.9 Å². The predicted octanol–water partition coefficient (Wildman–Crippen LogP) is 0.771. The number of nitrogens with zero attached hydrogens (tertiary/aromatic N) is 3. The monoisotopic (exact) mass is 888 g/mol. The van der Waals surface area contributed by atoms with Crippen LogP contribution in [0.2, 0.25) is 0 Å². The van der Waals surface area contributed by atoms with Crippen LogP contribution >= 0.6 is 0 Å². The van der Waals surface area contributed by atoms with Gasteiger partial charge in [-0.1, -0.05) is 70.5 Å². The molecule has 1 saturated carbocycles. The Morgan fingerprint density at radius 2 is 1.55 bits per heavy atom. The number of nitrogens with two attached hydrogens (primary N) is 4. The second-order valence-electron chi connectivity index (χ2n) is 18.0. The van der Waals surface area contributed by atoms with Crippen molar-refractivity contribution in [2.45, 2.75) is 114 Å². The zero-order valence-electron chi connectivity index (χ0n) is 37.9. The molecular weight excluding hydrogens is 819 g/mol. The van der Waals surface area contributed by atoms with Gasteiger partial charge < -0.3 is 54.0 Å². The fourth-order valence-corrected chi connectivity index (χ4v) is 9.68. The lowest BCUT2D eigenvalue weighted by Gasteiger charge is -2.55. The lowest BCUT2D eigenvalue weighted by Crippen LogP contribution is -2.58. The minimum atomic E-state index is -1.15. The molecule has 18 heteroatoms. The van der Waals surface area contributed by atoms with Gasteiger partial charge in [-0.15, -0.1) is 0 Å². The van der Waals surface area contributed by atoms with Crippen molar-refractivity contribution in [1.29, 1.82) is 0 Å². The van der Waals surface area contributed by atoms with Gasteiger partial charge in [0.1, 0.15) is 23.9 Å². The summed E-state index contributed by atoms with van der Waals surface area (Å²) in [5.74, 6) is -2.71. The fraction of sp³-hybridized carbons (Fsp3) is 0.587. The molecule has 1 heterocycles. The third kappa shape index (κ3) is 11.6. The molecule has 4 amide bonds. The summed E-state index contributed by atoms with van der Waals surface area (Å²) < 4.78 is 4.94. The summed E-state index contributed by atoms with van der Waals surface area (Å²) in [7, 11) is 1.23. The highest BCUT2D eigenvalue weighted by molar-refractivity contribution is 5.96. The van der Waals surface area contributed by atoms with Crippen molar-refractivity contribution in [1.82, 2.24) is 26.2 Å². The maximum atomic E-state index is 14.4. The van der Waals surface area contributed by atoms with E-state index in [4.69, 9.17) is 27.7 Å². The molecule has 2 bridgehead atoms. The summed E-state index contributed by atoms with van der Waals surface area (Å²) in [5.41, 5.74) is 24.5. The Kier molecular flexibility index (Phi) is 16.6. The number of phenols is 1. The van der Waals surface area contributed by atoms with Crippen LogP contribution in [-0.4, -0.2) is 116 Å². The van der Waals surface area contributed by atoms with Crippen molar-refractivity contribution in [3.8, 4) is 5.75 Å². The van der Waals surface area contributed by atoms with E-state index < -0.39 is 53.8 Å². The topological polar surface area (TPSA) is 295 Å². The SMILES string of the molecule is CC[C@H](C)[C@H](NC(=O)[C@H](CCCN=C(N)N)NC(=O)[C@H](CCCN=C(N)N)NC(=O)CNC(=O)[C@@]1(c2ccccc2)C[C@H]1CN1CC[C@@]2(C)c3cc(O)ccc3C[C@@H]1[C@@H]2C)C(=O)OC. The van der Waals surface area contributed by atoms with E-state index in [1.807, 2.05) is 49.4 Å². The Balaban J connectivity index is 1.28. The first-order valence-electron chi connectivity index (χ1n) is 22.4. The molecule has 350 valence electrons. The number of aromatic hydroxyl groups is 1. The van der Waals surface area contributed by atoms with E-state index in [-0.39, 0.29) is 72.8 Å². The minimum absolute atomic E-state index is 0.000970. The Morgan fingerprint density at radius 3 is 2.16 bits per heavy atom. The number of methoxy groups -OCH3 is 1. The molecule has 0 aromatic heterocycles. The number of carbonyl (C=O) groups is 5. The van der Waals surface area contributed by atoms with E-state index in [9.17, 15) is 29.1 Å². The molecule has 0 unspecified atom stereocenters. The van der Waals surface area contributed by atoms with Crippen molar-refractivity contribution in [2.24, 2.45) is 50.7 Å². The number of ether oxygens (including phenoxy) is 1. The molecule has 64 heavy (non-hydrogen) atoms. The van der Waals surface area contributed by atoms with E-state index >= 15 is 0 Å². The van der Waals surface area contributed by atoms with E-state index in [1.54, 1.807) is 13.0 Å². The number of hydrogen-bond donors (Lipinski definition) is 9. The molecule has 13 N–H and O–H groups in total. The quantitative estimate of drug-likeness (QED) is 0.0343. The molecule has 2 fully saturated rings. The van der Waals surface area contributed by atoms with Crippen LogP contribution in [0.5, 0.6) is 5.75 Å². The highest BCUT2D eigenvalue weighted by Gasteiger charge is 2.62. The lowest BCUT2D eigenvalue weighted by molar-refractivity contribution is -0.147. The van der Waals surface area contributed by atoms with Gasteiger partial charge >= 0.3 is 5.97 Å². The standard InChI is InChI=1S/C46H69N11O7/c1-6-27(2)38(41(62)64-5)56-40(61)35(15-11-20-52-44(49)50)55-39(60)34(14-10-19-51-43(47)48)54-37(59)25-53-42(63)46(30-12-8-7-9-13-30)24-31(46)26-57-21-18-45(4)28(3)36(57)22-29-16-17-32(58)23-33(29)45/h7-9,12-13,16-17,23,27-28,31,34-36,38,58H,6,10-11,14-15,18-22,24-26H2,1-5H3,(H,53,63)(H,54,59)(H,55,60)(H,56,61)(H4,47,48,51)(H4,49,50,52)/t27-,28-,31-,34-,35-,36+,38-,45+,46+/m0/s1. The number of amides is 4. The van der Waals surface area contributed by atoms with Gasteiger partial charge in [0, 0.05) is 25.7 Å². The molecule has 2 aliphatic carbocycles. The third-order valence-corrected chi connectivity index (χ3v) is 13.9. The first kappa shape index (κ1) is 49.1. The Labute approximate surface area is 376 Å². The van der Waals surface area contributed by atoms with Crippen LogP contribution in [0, 0.1) is 17.8 Å². The van der Waals surface area contributed by atoms with Crippen LogP contribution in [0.15, 0.2) is 58.5 Å². The van der Waals surface area contributed by atoms with Crippen LogP contribution in [-0.2, 0) is 46.0 Å². The number of nitrogens with one attached hydrogen (secondary N) is 4. The number of benzene rings is 2. The van der Waals surface area contributed by atoms with Gasteiger partial charge in [0.25, 0.3) is 0 Å². The maximum Gasteiger partial charge on any atom is 0.328 e. The number of rotatable bonds is 22. The molecule has 18 nitrogen and oxygen atoms in total. The van der Waals surface area contributed by atoms with Crippen LogP contribution in [0.1, 0.15) is 89.3 Å². The molecule has 0 spiro atoms. The van der Waals surface area contributed by atoms with E-state index in [2.05, 4.69) is 50.0 Å². The number of aliphatic imine (C=N–C) groups is 2. The largest absolute Gasteiger partial charge is 0.508 e. The fourth-order valence-electron chi connectivity index (χ4n) is 9.68. The van der Waals surface area contributed by atoms with Gasteiger partial charge in [-0.05, 0) is 103 Å². The summed E-state index contributed by atoms with van der Waals surface area (Å²) in [6, 6.07) is 12.4. The summed E-state index contributed by atoms with van der Waals surface area (Å²) in [6.07, 6.45) is 3.76. The normalized spacial score (nSPS) is 24.0. The van der Waals surface area contributed by atoms with Crippen molar-refractivity contribution < 1.29 is 33.8 Å². The molecular formula is C46H69N11O7. The molecule has 9 atom stereocenters. The number of phenolic OH excluding ortho intramolecular Hbond substituents is 1. The smallest absolute Gasteiger partial charge is 0.328 e. The Hall–Kier alpha value is -5.91. The molecule has 1 saturated heterocycles. The van der Waals surface area contributed by atoms with Crippen molar-refractivity contribution >= 4 is 41.5 Å². The van der Waals surface area contributed by atoms with Crippen LogP contribution in [0.4, 0.5) is 0 Å². The average Bonchev–Trinajstić information content (AvgIpc) is 4.00. The van der Waals surface area contributed by atoms with Crippen LogP contribution < -0.4 is 44.2 Å². The summed E-state index contributed by atoms with van der Waals surface area (Å²) in [4.78, 5) is 78.9. The molecule has 0 radical (unpaired) electrons. The minimum Gasteiger partial charge on any atom is -0.508 e. The first-order valence-corrected chi connectivity index (χ1v) is 22.4. The highest BCUT2D eigenvalue weighted by atomic mass is 16.5. The number of fused-ring (bicyclic) bond motifs is 4. The molecule has 2 aromatic rings. The second-order valence-corrected chi connectivity index (χ2v) is 18.0. The molecule has 3 aliphatic rings. The third-order valence-electron chi connectivity index (χ3n) is 13.9. The summed E-state index contributed by atoms with van der Waals surface area (Å²) in [5, 5.41) is 21.4. The Morgan fingerprint density at radius 1 is 0.922 bits per heavy atom. The first-order chi connectivity index (χ1) is 30.4. The zero-order chi connectivity index (χ0) is 46.8. The van der Waals surface area contributed by atoms with Crippen LogP contribution in [0.3, 0.4) is 0 Å². The summed E-state index contributed by atoms with van der Waals surface area (Å²) >= 11 is 0. The summed E-state index contributed by atoms with van der Waals surface area (Å²) in [6.45, 7) is 9.78. The van der Waals surface area contributed by atoms with Crippen molar-refractivity contribution in [3.63, 3.8) is 0 Å². The van der Waals surface area contributed by atoms with Crippen molar-refractivity contribution in [3.05, 3.63) is 65.2 Å². The van der Waals surface area contributed by atoms with Crippen molar-refractivity contribution in [2.75, 3.05) is 39.8 Å². The van der Waals surface area contributed by atoms with Gasteiger partial charge in [0.15, 0.2) is 11.9 Å². The van der Waals surface area contributed by atoms with Gasteiger partial charge in [-0.3, -0.25) is 34.1 Å². The van der Waals surface area contributed by atoms with Gasteiger partial charge in [-0.25, -0.2) is 4.79 Å². The number of hydrogen-bond acceptors (Lipinski definition) is 10. The van der Waals surface area contributed by atoms with E-state index in [1.165, 1.54) is 18.2 Å². The predicted molar refractivity (Wildman–Crippen MR) is 245 cm³/mol. The number of likely N-dealkylation sites (tertiary alicyclic amines) is 1. The van der Waals surface area contributed by atoms with Gasteiger partial charge in [-0.2, -0.15) is 0 Å². The molecule has 1 aliphatic heterocycles. The molecule has 5 rings (SSSR count). The molecule has 2 aromatic carbocycles. The van der Waals surface area contributed by atoms with Crippen LogP contribution in [0.25, 0.3) is 0 Å². The number of carbonyl (C=O) groups excluding carboxylic acids is 5. The highest BCUT2D eigenvalue weighted by Crippen LogP contribution is 2.56. The number of esters is 1. The van der Waals surface area contributed by atoms with Gasteiger partial charge in [0.2, 0.25) is 23.6 Å². The zero-order valence-corrected chi connectivity index (χ0v) is 37.9. The number of piperidine rings is 1. The second kappa shape index (κ2) is 21.6. The lowest BCUT2D eigenvalue weighted by atomic mass is 9.59. The van der Waals surface area contributed by atoms with Gasteiger partial charge in [0.05, 0.1) is 19.1 Å². The number of guanidine groups is 2. The Bertz CT molecular complexity index is 2040. The maximum absolute atomic E-state index is 14.4. The average molecular weight is 888 g/mol. The van der Waals surface area contributed by atoms with E-state index in [0.29, 0.717) is 38.1 Å².